The van der Waals surface area contributed by atoms with E-state index >= 15 is 0 Å². The number of nitrogens with two attached hydrogens (primary N) is 2. The minimum Gasteiger partial charge on any atom is -0.508 e. The molecule has 11 heteroatoms. The van der Waals surface area contributed by atoms with Crippen molar-refractivity contribution in [2.75, 3.05) is 13.1 Å². The third kappa shape index (κ3) is 7.70. The number of aliphatic carboxylic acids is 1. The van der Waals surface area contributed by atoms with E-state index < -0.39 is 42.0 Å². The number of benzene rings is 1. The van der Waals surface area contributed by atoms with Gasteiger partial charge in [-0.25, -0.2) is 4.79 Å². The third-order valence-corrected chi connectivity index (χ3v) is 5.87. The molecule has 1 heterocycles. The number of amides is 3. The van der Waals surface area contributed by atoms with E-state index in [1.165, 1.54) is 24.0 Å². The van der Waals surface area contributed by atoms with Gasteiger partial charge in [0.25, 0.3) is 0 Å². The first-order valence-electron chi connectivity index (χ1n) is 11.5. The van der Waals surface area contributed by atoms with Crippen molar-refractivity contribution in [2.45, 2.75) is 69.6 Å². The summed E-state index contributed by atoms with van der Waals surface area (Å²) in [5, 5.41) is 23.9. The van der Waals surface area contributed by atoms with E-state index in [4.69, 9.17) is 11.5 Å². The van der Waals surface area contributed by atoms with Gasteiger partial charge in [0, 0.05) is 13.0 Å². The number of phenols is 1. The highest BCUT2D eigenvalue weighted by Crippen LogP contribution is 2.19. The molecule has 1 fully saturated rings. The zero-order valence-corrected chi connectivity index (χ0v) is 19.4. The molecular formula is C23H35N5O6. The molecule has 34 heavy (non-hydrogen) atoms. The first-order valence-corrected chi connectivity index (χ1v) is 11.5. The molecule has 0 saturated carbocycles. The van der Waals surface area contributed by atoms with E-state index in [9.17, 15) is 29.4 Å². The van der Waals surface area contributed by atoms with Crippen LogP contribution in [0.25, 0.3) is 0 Å². The number of nitrogens with zero attached hydrogens (tertiary/aromatic N) is 1. The van der Waals surface area contributed by atoms with Crippen molar-refractivity contribution in [1.82, 2.24) is 15.5 Å². The Morgan fingerprint density at radius 3 is 2.44 bits per heavy atom. The van der Waals surface area contributed by atoms with Gasteiger partial charge < -0.3 is 37.2 Å². The average molecular weight is 478 g/mol. The van der Waals surface area contributed by atoms with Gasteiger partial charge in [0.2, 0.25) is 17.7 Å². The first-order chi connectivity index (χ1) is 16.1. The lowest BCUT2D eigenvalue weighted by atomic mass is 10.1. The summed E-state index contributed by atoms with van der Waals surface area (Å²) >= 11 is 0. The number of likely N-dealkylation sites (tertiary alicyclic amines) is 1. The Kier molecular flexibility index (Phi) is 10.3. The SMILES string of the molecule is CC(NC(=O)C1CCCN1C(=O)C(N)CCCCN)C(=O)NC(Cc1ccc(O)cc1)C(=O)O. The molecule has 0 spiro atoms. The minimum absolute atomic E-state index is 0.00890. The van der Waals surface area contributed by atoms with Crippen molar-refractivity contribution in [3.8, 4) is 5.75 Å². The van der Waals surface area contributed by atoms with Gasteiger partial charge >= 0.3 is 5.97 Å². The maximum Gasteiger partial charge on any atom is 0.326 e. The molecule has 4 unspecified atom stereocenters. The van der Waals surface area contributed by atoms with Crippen LogP contribution in [0.1, 0.15) is 44.6 Å². The van der Waals surface area contributed by atoms with Crippen LogP contribution in [0.2, 0.25) is 0 Å². The second-order valence-electron chi connectivity index (χ2n) is 8.58. The van der Waals surface area contributed by atoms with Crippen LogP contribution in [0.3, 0.4) is 0 Å². The molecule has 4 atom stereocenters. The van der Waals surface area contributed by atoms with Gasteiger partial charge in [-0.3, -0.25) is 14.4 Å². The number of carboxylic acids is 1. The molecule has 0 aliphatic carbocycles. The summed E-state index contributed by atoms with van der Waals surface area (Å²) in [6, 6.07) is 2.32. The number of hydrogen-bond donors (Lipinski definition) is 6. The Morgan fingerprint density at radius 1 is 1.15 bits per heavy atom. The van der Waals surface area contributed by atoms with Crippen LogP contribution >= 0.6 is 0 Å². The Balaban J connectivity index is 1.93. The largest absolute Gasteiger partial charge is 0.508 e. The molecule has 3 amide bonds. The molecule has 2 rings (SSSR count). The van der Waals surface area contributed by atoms with Crippen LogP contribution in [0.4, 0.5) is 0 Å². The molecular weight excluding hydrogens is 442 g/mol. The molecule has 1 aliphatic heterocycles. The second kappa shape index (κ2) is 12.9. The highest BCUT2D eigenvalue weighted by Gasteiger charge is 2.37. The monoisotopic (exact) mass is 477 g/mol. The summed E-state index contributed by atoms with van der Waals surface area (Å²) in [4.78, 5) is 51.2. The van der Waals surface area contributed by atoms with Crippen molar-refractivity contribution >= 4 is 23.7 Å². The summed E-state index contributed by atoms with van der Waals surface area (Å²) in [6.07, 6.45) is 3.09. The molecule has 1 aromatic rings. The number of carbonyl (C=O) groups is 4. The predicted octanol–water partition coefficient (Wildman–Crippen LogP) is -0.544. The summed E-state index contributed by atoms with van der Waals surface area (Å²) in [7, 11) is 0. The van der Waals surface area contributed by atoms with Crippen molar-refractivity contribution in [3.63, 3.8) is 0 Å². The normalized spacial score (nSPS) is 18.1. The summed E-state index contributed by atoms with van der Waals surface area (Å²) in [6.45, 7) is 2.38. The fraction of sp³-hybridized carbons (Fsp3) is 0.565. The van der Waals surface area contributed by atoms with E-state index in [1.54, 1.807) is 12.1 Å². The van der Waals surface area contributed by atoms with Gasteiger partial charge in [-0.15, -0.1) is 0 Å². The average Bonchev–Trinajstić information content (AvgIpc) is 3.29. The minimum atomic E-state index is -1.23. The number of hydrogen-bond acceptors (Lipinski definition) is 7. The lowest BCUT2D eigenvalue weighted by Crippen LogP contribution is -2.56. The Labute approximate surface area is 198 Å². The lowest BCUT2D eigenvalue weighted by Gasteiger charge is -2.28. The molecule has 1 saturated heterocycles. The summed E-state index contributed by atoms with van der Waals surface area (Å²) < 4.78 is 0. The van der Waals surface area contributed by atoms with Crippen molar-refractivity contribution in [1.29, 1.82) is 0 Å². The maximum atomic E-state index is 12.8. The smallest absolute Gasteiger partial charge is 0.326 e. The highest BCUT2D eigenvalue weighted by molar-refractivity contribution is 5.94. The van der Waals surface area contributed by atoms with Gasteiger partial charge in [0.05, 0.1) is 6.04 Å². The van der Waals surface area contributed by atoms with Crippen LogP contribution in [-0.2, 0) is 25.6 Å². The Hall–Kier alpha value is -3.18. The van der Waals surface area contributed by atoms with Gasteiger partial charge in [-0.2, -0.15) is 0 Å². The molecule has 11 nitrogen and oxygen atoms in total. The standard InChI is InChI=1S/C23H35N5O6/c1-14(20(30)27-18(23(33)34)13-15-7-9-16(29)10-8-15)26-21(31)19-6-4-12-28(19)22(32)17(25)5-2-3-11-24/h7-10,14,17-19,29H,2-6,11-13,24-25H2,1H3,(H,26,31)(H,27,30)(H,33,34). The van der Waals surface area contributed by atoms with Crippen molar-refractivity contribution in [2.24, 2.45) is 11.5 Å². The number of unbranched alkanes of at least 4 members (excludes halogenated alkanes) is 1. The van der Waals surface area contributed by atoms with Gasteiger partial charge in [-0.1, -0.05) is 18.6 Å². The zero-order chi connectivity index (χ0) is 25.3. The fourth-order valence-electron chi connectivity index (χ4n) is 3.89. The van der Waals surface area contributed by atoms with Crippen LogP contribution in [0, 0.1) is 0 Å². The topological polar surface area (TPSA) is 188 Å². The van der Waals surface area contributed by atoms with Gasteiger partial charge in [0.1, 0.15) is 23.9 Å². The van der Waals surface area contributed by atoms with E-state index in [2.05, 4.69) is 10.6 Å². The van der Waals surface area contributed by atoms with Gasteiger partial charge in [-0.05, 0) is 56.8 Å². The Bertz CT molecular complexity index is 862. The summed E-state index contributed by atoms with van der Waals surface area (Å²) in [5.74, 6) is -2.61. The molecule has 0 bridgehead atoms. The van der Waals surface area contributed by atoms with E-state index in [0.717, 1.165) is 12.8 Å². The summed E-state index contributed by atoms with van der Waals surface area (Å²) in [5.41, 5.74) is 12.1. The fourth-order valence-corrected chi connectivity index (χ4v) is 3.89. The number of aromatic hydroxyl groups is 1. The van der Waals surface area contributed by atoms with Crippen LogP contribution in [0.5, 0.6) is 5.75 Å². The maximum absolute atomic E-state index is 12.8. The Morgan fingerprint density at radius 2 is 1.82 bits per heavy atom. The molecule has 1 aromatic carbocycles. The number of carboxylic acid groups (broad SMARTS) is 1. The van der Waals surface area contributed by atoms with Crippen LogP contribution < -0.4 is 22.1 Å². The predicted molar refractivity (Wildman–Crippen MR) is 125 cm³/mol. The number of nitrogens with one attached hydrogen (secondary N) is 2. The molecule has 0 aromatic heterocycles. The number of carbonyl (C=O) groups excluding carboxylic acids is 3. The molecule has 8 N–H and O–H groups in total. The number of rotatable bonds is 12. The molecule has 1 aliphatic rings. The highest BCUT2D eigenvalue weighted by atomic mass is 16.4. The lowest BCUT2D eigenvalue weighted by molar-refractivity contribution is -0.143. The second-order valence-corrected chi connectivity index (χ2v) is 8.58. The third-order valence-electron chi connectivity index (χ3n) is 5.87. The number of phenolic OH excluding ortho intramolecular Hbond substituents is 1. The molecule has 0 radical (unpaired) electrons. The van der Waals surface area contributed by atoms with Crippen molar-refractivity contribution in [3.05, 3.63) is 29.8 Å². The van der Waals surface area contributed by atoms with Gasteiger partial charge in [0.15, 0.2) is 0 Å². The first kappa shape index (κ1) is 27.1. The van der Waals surface area contributed by atoms with E-state index in [-0.39, 0.29) is 18.1 Å². The van der Waals surface area contributed by atoms with Crippen LogP contribution in [-0.4, -0.2) is 76.1 Å². The zero-order valence-electron chi connectivity index (χ0n) is 19.4. The molecule has 188 valence electrons. The van der Waals surface area contributed by atoms with E-state index in [0.29, 0.717) is 37.9 Å². The van der Waals surface area contributed by atoms with E-state index in [1.807, 2.05) is 0 Å². The van der Waals surface area contributed by atoms with Crippen molar-refractivity contribution < 1.29 is 29.4 Å². The van der Waals surface area contributed by atoms with Crippen LogP contribution in [0.15, 0.2) is 24.3 Å². The quantitative estimate of drug-likeness (QED) is 0.216.